The molecule has 1 aliphatic carbocycles. The number of aromatic hydroxyl groups is 2. The molecule has 1 aliphatic rings. The number of Topliss-reactive ketones (excluding diaryl/α,β-unsaturated/α-hetero) is 1. The molecular formula is C16H14O6. The number of rotatable bonds is 4. The minimum atomic E-state index is -0.971. The lowest BCUT2D eigenvalue weighted by atomic mass is 9.85. The maximum absolute atomic E-state index is 12.5. The van der Waals surface area contributed by atoms with Gasteiger partial charge in [-0.25, -0.2) is 0 Å². The van der Waals surface area contributed by atoms with Crippen molar-refractivity contribution in [1.29, 1.82) is 0 Å². The van der Waals surface area contributed by atoms with Gasteiger partial charge in [-0.1, -0.05) is 6.08 Å². The predicted octanol–water partition coefficient (Wildman–Crippen LogP) is 1.91. The lowest BCUT2D eigenvalue weighted by Crippen LogP contribution is -2.28. The van der Waals surface area contributed by atoms with Crippen LogP contribution in [0.4, 0.5) is 0 Å². The second-order valence-corrected chi connectivity index (χ2v) is 4.77. The van der Waals surface area contributed by atoms with E-state index in [1.807, 2.05) is 0 Å². The number of hydrogen-bond acceptors (Lipinski definition) is 6. The van der Waals surface area contributed by atoms with Crippen LogP contribution in [-0.2, 0) is 9.53 Å². The predicted molar refractivity (Wildman–Crippen MR) is 76.9 cm³/mol. The number of allylic oxidation sites excluding steroid dienone is 1. The van der Waals surface area contributed by atoms with Gasteiger partial charge in [-0.2, -0.15) is 0 Å². The van der Waals surface area contributed by atoms with E-state index >= 15 is 0 Å². The van der Waals surface area contributed by atoms with Gasteiger partial charge >= 0.3 is 5.97 Å². The zero-order chi connectivity index (χ0) is 16.4. The summed E-state index contributed by atoms with van der Waals surface area (Å²) in [5.41, 5.74) is -0.605. The number of ketones is 2. The number of fused-ring (bicyclic) bond motifs is 1. The van der Waals surface area contributed by atoms with E-state index in [1.165, 1.54) is 13.0 Å². The van der Waals surface area contributed by atoms with E-state index in [0.717, 1.165) is 18.2 Å². The maximum atomic E-state index is 12.5. The first kappa shape index (κ1) is 15.5. The molecule has 0 heterocycles. The zero-order valence-electron chi connectivity index (χ0n) is 11.8. The summed E-state index contributed by atoms with van der Waals surface area (Å²) in [6, 6.07) is 2.25. The summed E-state index contributed by atoms with van der Waals surface area (Å²) in [5.74, 6) is -2.74. The molecule has 2 N–H and O–H groups in total. The molecule has 1 aromatic rings. The molecule has 0 bridgehead atoms. The Bertz CT molecular complexity index is 714. The molecule has 2 rings (SSSR count). The van der Waals surface area contributed by atoms with Crippen LogP contribution in [0.25, 0.3) is 0 Å². The van der Waals surface area contributed by atoms with Crippen molar-refractivity contribution >= 4 is 17.5 Å². The van der Waals surface area contributed by atoms with E-state index in [4.69, 9.17) is 4.74 Å². The molecule has 114 valence electrons. The molecule has 0 radical (unpaired) electrons. The molecule has 0 spiro atoms. The standard InChI is InChI=1S/C16H14O6/c1-3-4-13(22-8(2)17)9-7-12(20)14-10(18)5-6-11(19)15(14)16(9)21/h3,5-7,13,18-19H,1,4H2,2H3. The van der Waals surface area contributed by atoms with E-state index in [9.17, 15) is 24.6 Å². The van der Waals surface area contributed by atoms with Crippen molar-refractivity contribution in [2.45, 2.75) is 19.4 Å². The number of hydrogen-bond donors (Lipinski definition) is 2. The fraction of sp³-hybridized carbons (Fsp3) is 0.188. The minimum absolute atomic E-state index is 0.0616. The lowest BCUT2D eigenvalue weighted by molar-refractivity contribution is -0.144. The summed E-state index contributed by atoms with van der Waals surface area (Å²) in [4.78, 5) is 35.8. The molecule has 1 unspecified atom stereocenters. The fourth-order valence-electron chi connectivity index (χ4n) is 2.31. The van der Waals surface area contributed by atoms with Crippen molar-refractivity contribution in [2.24, 2.45) is 0 Å². The summed E-state index contributed by atoms with van der Waals surface area (Å²) >= 11 is 0. The molecule has 0 aliphatic heterocycles. The zero-order valence-corrected chi connectivity index (χ0v) is 11.8. The second-order valence-electron chi connectivity index (χ2n) is 4.77. The molecule has 6 heteroatoms. The number of benzene rings is 1. The largest absolute Gasteiger partial charge is 0.507 e. The summed E-state index contributed by atoms with van der Waals surface area (Å²) < 4.78 is 5.04. The Hall–Kier alpha value is -2.89. The molecule has 0 fully saturated rings. The van der Waals surface area contributed by atoms with Gasteiger partial charge in [-0.05, 0) is 18.2 Å². The highest BCUT2D eigenvalue weighted by atomic mass is 16.5. The smallest absolute Gasteiger partial charge is 0.303 e. The molecule has 22 heavy (non-hydrogen) atoms. The number of esters is 1. The van der Waals surface area contributed by atoms with Crippen LogP contribution in [-0.4, -0.2) is 33.9 Å². The average molecular weight is 302 g/mol. The Morgan fingerprint density at radius 1 is 1.27 bits per heavy atom. The quantitative estimate of drug-likeness (QED) is 0.500. The number of phenols is 2. The van der Waals surface area contributed by atoms with Gasteiger partial charge in [0.05, 0.1) is 11.1 Å². The number of carbonyl (C=O) groups is 3. The molecule has 0 aromatic heterocycles. The second kappa shape index (κ2) is 5.85. The third-order valence-corrected chi connectivity index (χ3v) is 3.22. The maximum Gasteiger partial charge on any atom is 0.303 e. The first-order chi connectivity index (χ1) is 10.4. The number of ether oxygens (including phenoxy) is 1. The van der Waals surface area contributed by atoms with Gasteiger partial charge in [0.25, 0.3) is 0 Å². The van der Waals surface area contributed by atoms with Gasteiger partial charge in [-0.15, -0.1) is 6.58 Å². The van der Waals surface area contributed by atoms with Crippen LogP contribution in [0.1, 0.15) is 34.1 Å². The summed E-state index contributed by atoms with van der Waals surface area (Å²) in [7, 11) is 0. The van der Waals surface area contributed by atoms with Crippen molar-refractivity contribution in [1.82, 2.24) is 0 Å². The van der Waals surface area contributed by atoms with Gasteiger partial charge < -0.3 is 14.9 Å². The Labute approximate surface area is 126 Å². The van der Waals surface area contributed by atoms with Gasteiger partial charge in [0.1, 0.15) is 17.6 Å². The Morgan fingerprint density at radius 3 is 2.41 bits per heavy atom. The van der Waals surface area contributed by atoms with Crippen LogP contribution < -0.4 is 0 Å². The first-order valence-electron chi connectivity index (χ1n) is 6.50. The van der Waals surface area contributed by atoms with Crippen molar-refractivity contribution in [3.05, 3.63) is 47.6 Å². The Morgan fingerprint density at radius 2 is 1.86 bits per heavy atom. The molecule has 6 nitrogen and oxygen atoms in total. The number of phenolic OH excluding ortho intramolecular Hbond substituents is 2. The molecular weight excluding hydrogens is 288 g/mol. The molecule has 0 saturated carbocycles. The topological polar surface area (TPSA) is 101 Å². The highest BCUT2D eigenvalue weighted by Crippen LogP contribution is 2.36. The van der Waals surface area contributed by atoms with Gasteiger partial charge in [0.15, 0.2) is 11.6 Å². The van der Waals surface area contributed by atoms with Crippen molar-refractivity contribution in [2.75, 3.05) is 0 Å². The van der Waals surface area contributed by atoms with E-state index in [0.29, 0.717) is 0 Å². The van der Waals surface area contributed by atoms with Crippen LogP contribution in [0.3, 0.4) is 0 Å². The SMILES string of the molecule is C=CCC(OC(C)=O)C1=CC(=O)c2c(O)ccc(O)c2C1=O. The van der Waals surface area contributed by atoms with Gasteiger partial charge in [-0.3, -0.25) is 14.4 Å². The highest BCUT2D eigenvalue weighted by molar-refractivity contribution is 6.27. The van der Waals surface area contributed by atoms with Crippen LogP contribution in [0, 0.1) is 0 Å². The van der Waals surface area contributed by atoms with Crippen LogP contribution in [0.2, 0.25) is 0 Å². The van der Waals surface area contributed by atoms with Crippen LogP contribution >= 0.6 is 0 Å². The monoisotopic (exact) mass is 302 g/mol. The fourth-order valence-corrected chi connectivity index (χ4v) is 2.31. The lowest BCUT2D eigenvalue weighted by Gasteiger charge is -2.22. The number of carbonyl (C=O) groups excluding carboxylic acids is 3. The molecule has 1 aromatic carbocycles. The Balaban J connectivity index is 2.55. The van der Waals surface area contributed by atoms with Crippen molar-refractivity contribution < 1.29 is 29.3 Å². The summed E-state index contributed by atoms with van der Waals surface area (Å²) in [6.45, 7) is 4.70. The first-order valence-corrected chi connectivity index (χ1v) is 6.50. The molecule has 0 saturated heterocycles. The normalized spacial score (nSPS) is 14.9. The van der Waals surface area contributed by atoms with Gasteiger partial charge in [0.2, 0.25) is 0 Å². The average Bonchev–Trinajstić information content (AvgIpc) is 2.44. The van der Waals surface area contributed by atoms with E-state index < -0.39 is 35.1 Å². The highest BCUT2D eigenvalue weighted by Gasteiger charge is 2.35. The summed E-state index contributed by atoms with van der Waals surface area (Å²) in [5, 5.41) is 19.6. The third kappa shape index (κ3) is 2.63. The molecule has 1 atom stereocenters. The van der Waals surface area contributed by atoms with E-state index in [-0.39, 0.29) is 23.1 Å². The Kier molecular flexibility index (Phi) is 4.12. The van der Waals surface area contributed by atoms with E-state index in [2.05, 4.69) is 6.58 Å². The third-order valence-electron chi connectivity index (χ3n) is 3.22. The minimum Gasteiger partial charge on any atom is -0.507 e. The van der Waals surface area contributed by atoms with Gasteiger partial charge in [0, 0.05) is 18.9 Å². The van der Waals surface area contributed by atoms with Crippen molar-refractivity contribution in [3.8, 4) is 11.5 Å². The van der Waals surface area contributed by atoms with Crippen LogP contribution in [0.5, 0.6) is 11.5 Å². The van der Waals surface area contributed by atoms with Crippen LogP contribution in [0.15, 0.2) is 36.4 Å². The molecule has 0 amide bonds. The van der Waals surface area contributed by atoms with E-state index in [1.54, 1.807) is 0 Å². The summed E-state index contributed by atoms with van der Waals surface area (Å²) in [6.07, 6.45) is 1.63. The van der Waals surface area contributed by atoms with Crippen molar-refractivity contribution in [3.63, 3.8) is 0 Å².